The van der Waals surface area contributed by atoms with Gasteiger partial charge in [0.1, 0.15) is 5.75 Å². The van der Waals surface area contributed by atoms with E-state index in [2.05, 4.69) is 22.5 Å². The van der Waals surface area contributed by atoms with Gasteiger partial charge in [0, 0.05) is 6.54 Å². The second-order valence-electron chi connectivity index (χ2n) is 6.20. The molecule has 0 bridgehead atoms. The molecule has 2 N–H and O–H groups in total. The number of nitrogens with zero attached hydrogens (tertiary/aromatic N) is 1. The van der Waals surface area contributed by atoms with Crippen LogP contribution in [0.3, 0.4) is 0 Å². The Hall–Kier alpha value is -1.59. The van der Waals surface area contributed by atoms with Crippen molar-refractivity contribution >= 4 is 11.6 Å². The van der Waals surface area contributed by atoms with E-state index in [0.717, 1.165) is 38.3 Å². The third kappa shape index (κ3) is 5.84. The Balaban J connectivity index is 1.89. The van der Waals surface area contributed by atoms with Gasteiger partial charge >= 0.3 is 0 Å². The zero-order valence-corrected chi connectivity index (χ0v) is 14.3. The second-order valence-corrected chi connectivity index (χ2v) is 6.20. The molecular weight excluding hydrogens is 290 g/mol. The molecule has 1 saturated heterocycles. The van der Waals surface area contributed by atoms with Crippen molar-refractivity contribution in [2.24, 2.45) is 5.92 Å². The van der Waals surface area contributed by atoms with Gasteiger partial charge in [-0.1, -0.05) is 19.1 Å². The van der Waals surface area contributed by atoms with E-state index < -0.39 is 0 Å². The number of piperidine rings is 1. The van der Waals surface area contributed by atoms with Crippen LogP contribution in [0.5, 0.6) is 5.75 Å². The number of amides is 1. The topological polar surface area (TPSA) is 53.6 Å². The van der Waals surface area contributed by atoms with Crippen LogP contribution in [0.1, 0.15) is 26.2 Å². The van der Waals surface area contributed by atoms with E-state index in [1.807, 2.05) is 24.3 Å². The van der Waals surface area contributed by atoms with Crippen molar-refractivity contribution in [3.05, 3.63) is 24.3 Å². The average Bonchev–Trinajstić information content (AvgIpc) is 2.56. The van der Waals surface area contributed by atoms with E-state index in [0.29, 0.717) is 18.2 Å². The van der Waals surface area contributed by atoms with Crippen molar-refractivity contribution in [1.29, 1.82) is 0 Å². The molecule has 1 atom stereocenters. The largest absolute Gasteiger partial charge is 0.495 e. The molecule has 0 saturated carbocycles. The summed E-state index contributed by atoms with van der Waals surface area (Å²) in [5.41, 5.74) is 0.732. The van der Waals surface area contributed by atoms with Crippen molar-refractivity contribution in [2.75, 3.05) is 45.2 Å². The molecule has 1 aliphatic heterocycles. The highest BCUT2D eigenvalue weighted by atomic mass is 16.5. The van der Waals surface area contributed by atoms with Crippen LogP contribution in [0.4, 0.5) is 5.69 Å². The molecular formula is C18H29N3O2. The molecule has 0 radical (unpaired) electrons. The van der Waals surface area contributed by atoms with Crippen LogP contribution in [-0.4, -0.2) is 50.6 Å². The fourth-order valence-electron chi connectivity index (χ4n) is 3.14. The van der Waals surface area contributed by atoms with Crippen LogP contribution in [-0.2, 0) is 4.79 Å². The van der Waals surface area contributed by atoms with Gasteiger partial charge in [-0.05, 0) is 56.9 Å². The summed E-state index contributed by atoms with van der Waals surface area (Å²) in [6, 6.07) is 7.52. The SMILES string of the molecule is CCCN(CC(=O)Nc1ccccc1OC)CC1CCCNC1. The number of anilines is 1. The molecule has 0 aliphatic carbocycles. The molecule has 1 aromatic rings. The first kappa shape index (κ1) is 17.8. The number of hydrogen-bond acceptors (Lipinski definition) is 4. The number of nitrogens with one attached hydrogen (secondary N) is 2. The zero-order valence-electron chi connectivity index (χ0n) is 14.3. The molecule has 0 aromatic heterocycles. The van der Waals surface area contributed by atoms with Gasteiger partial charge in [-0.3, -0.25) is 9.69 Å². The normalized spacial score (nSPS) is 18.0. The lowest BCUT2D eigenvalue weighted by atomic mass is 9.99. The first-order chi connectivity index (χ1) is 11.2. The molecule has 23 heavy (non-hydrogen) atoms. The van der Waals surface area contributed by atoms with Crippen LogP contribution in [0, 0.1) is 5.92 Å². The highest BCUT2D eigenvalue weighted by molar-refractivity contribution is 5.93. The summed E-state index contributed by atoms with van der Waals surface area (Å²) in [5, 5.41) is 6.41. The number of carbonyl (C=O) groups excluding carboxylic acids is 1. The molecule has 5 nitrogen and oxygen atoms in total. The molecule has 1 unspecified atom stereocenters. The lowest BCUT2D eigenvalue weighted by Gasteiger charge is -2.29. The summed E-state index contributed by atoms with van der Waals surface area (Å²) < 4.78 is 5.28. The summed E-state index contributed by atoms with van der Waals surface area (Å²) in [6.45, 7) is 6.72. The maximum Gasteiger partial charge on any atom is 0.238 e. The standard InChI is InChI=1S/C18H29N3O2/c1-3-11-21(13-15-7-6-10-19-12-15)14-18(22)20-16-8-4-5-9-17(16)23-2/h4-5,8-9,15,19H,3,6-7,10-14H2,1-2H3,(H,20,22). The van der Waals surface area contributed by atoms with Gasteiger partial charge < -0.3 is 15.4 Å². The molecule has 1 fully saturated rings. The van der Waals surface area contributed by atoms with Crippen molar-refractivity contribution in [2.45, 2.75) is 26.2 Å². The Morgan fingerprint density at radius 3 is 2.96 bits per heavy atom. The highest BCUT2D eigenvalue weighted by Gasteiger charge is 2.19. The van der Waals surface area contributed by atoms with Gasteiger partial charge in [0.2, 0.25) is 5.91 Å². The van der Waals surface area contributed by atoms with E-state index >= 15 is 0 Å². The number of benzene rings is 1. The van der Waals surface area contributed by atoms with E-state index in [-0.39, 0.29) is 5.91 Å². The van der Waals surface area contributed by atoms with Crippen molar-refractivity contribution in [3.63, 3.8) is 0 Å². The first-order valence-corrected chi connectivity index (χ1v) is 8.59. The summed E-state index contributed by atoms with van der Waals surface area (Å²) in [5.74, 6) is 1.36. The van der Waals surface area contributed by atoms with Crippen molar-refractivity contribution in [1.82, 2.24) is 10.2 Å². The molecule has 1 aromatic carbocycles. The quantitative estimate of drug-likeness (QED) is 0.772. The van der Waals surface area contributed by atoms with Gasteiger partial charge in [0.15, 0.2) is 0 Å². The van der Waals surface area contributed by atoms with Crippen LogP contribution in [0.25, 0.3) is 0 Å². The van der Waals surface area contributed by atoms with Gasteiger partial charge in [0.05, 0.1) is 19.3 Å². The molecule has 0 spiro atoms. The number of para-hydroxylation sites is 2. The fraction of sp³-hybridized carbons (Fsp3) is 0.611. The number of methoxy groups -OCH3 is 1. The maximum absolute atomic E-state index is 12.4. The van der Waals surface area contributed by atoms with Crippen LogP contribution >= 0.6 is 0 Å². The van der Waals surface area contributed by atoms with Gasteiger partial charge in [-0.15, -0.1) is 0 Å². The summed E-state index contributed by atoms with van der Waals surface area (Å²) in [4.78, 5) is 14.6. The third-order valence-electron chi connectivity index (χ3n) is 4.20. The van der Waals surface area contributed by atoms with Crippen LogP contribution in [0.2, 0.25) is 0 Å². The van der Waals surface area contributed by atoms with Gasteiger partial charge in [-0.2, -0.15) is 0 Å². The fourth-order valence-corrected chi connectivity index (χ4v) is 3.14. The summed E-state index contributed by atoms with van der Waals surface area (Å²) >= 11 is 0. The Bertz CT molecular complexity index is 487. The summed E-state index contributed by atoms with van der Waals surface area (Å²) in [6.07, 6.45) is 3.54. The van der Waals surface area contributed by atoms with E-state index in [9.17, 15) is 4.79 Å². The number of carbonyl (C=O) groups is 1. The molecule has 128 valence electrons. The Labute approximate surface area is 139 Å². The van der Waals surface area contributed by atoms with Crippen molar-refractivity contribution in [3.8, 4) is 5.75 Å². The maximum atomic E-state index is 12.4. The van der Waals surface area contributed by atoms with Crippen LogP contribution in [0.15, 0.2) is 24.3 Å². The second kappa shape index (κ2) is 9.53. The van der Waals surface area contributed by atoms with E-state index in [4.69, 9.17) is 4.74 Å². The average molecular weight is 319 g/mol. The molecule has 5 heteroatoms. The first-order valence-electron chi connectivity index (χ1n) is 8.59. The predicted molar refractivity (Wildman–Crippen MR) is 93.9 cm³/mol. The Morgan fingerprint density at radius 1 is 1.43 bits per heavy atom. The molecule has 1 aliphatic rings. The number of hydrogen-bond donors (Lipinski definition) is 2. The van der Waals surface area contributed by atoms with Gasteiger partial charge in [0.25, 0.3) is 0 Å². The predicted octanol–water partition coefficient (Wildman–Crippen LogP) is 2.35. The minimum atomic E-state index is 0.0201. The highest BCUT2D eigenvalue weighted by Crippen LogP contribution is 2.23. The molecule has 1 heterocycles. The Morgan fingerprint density at radius 2 is 2.26 bits per heavy atom. The van der Waals surface area contributed by atoms with Crippen LogP contribution < -0.4 is 15.4 Å². The van der Waals surface area contributed by atoms with E-state index in [1.54, 1.807) is 7.11 Å². The molecule has 2 rings (SSSR count). The van der Waals surface area contributed by atoms with Gasteiger partial charge in [-0.25, -0.2) is 0 Å². The lowest BCUT2D eigenvalue weighted by molar-refractivity contribution is -0.117. The monoisotopic (exact) mass is 319 g/mol. The lowest BCUT2D eigenvalue weighted by Crippen LogP contribution is -2.41. The zero-order chi connectivity index (χ0) is 16.5. The third-order valence-corrected chi connectivity index (χ3v) is 4.20. The minimum absolute atomic E-state index is 0.0201. The smallest absolute Gasteiger partial charge is 0.238 e. The summed E-state index contributed by atoms with van der Waals surface area (Å²) in [7, 11) is 1.62. The molecule has 1 amide bonds. The number of rotatable bonds is 8. The van der Waals surface area contributed by atoms with Crippen molar-refractivity contribution < 1.29 is 9.53 Å². The Kier molecular flexibility index (Phi) is 7.36. The number of ether oxygens (including phenoxy) is 1. The van der Waals surface area contributed by atoms with E-state index in [1.165, 1.54) is 12.8 Å². The minimum Gasteiger partial charge on any atom is -0.495 e.